The maximum absolute atomic E-state index is 8.36. The van der Waals surface area contributed by atoms with Gasteiger partial charge in [0.1, 0.15) is 0 Å². The van der Waals surface area contributed by atoms with Crippen molar-refractivity contribution in [3.05, 3.63) is 0 Å². The predicted octanol–water partition coefficient (Wildman–Crippen LogP) is -0.455. The van der Waals surface area contributed by atoms with Gasteiger partial charge < -0.3 is 7.96 Å². The Hall–Kier alpha value is -0.361. The minimum absolute atomic E-state index is 0. The van der Waals surface area contributed by atoms with Gasteiger partial charge in [0.15, 0.2) is 0 Å². The Labute approximate surface area is 30.6 Å². The Morgan fingerprint density at radius 1 is 2.00 bits per heavy atom. The van der Waals surface area contributed by atoms with Crippen molar-refractivity contribution in [3.63, 3.8) is 0 Å². The molecule has 0 saturated heterocycles. The number of hydrogen-bond acceptors (Lipinski definition) is 1. The van der Waals surface area contributed by atoms with Gasteiger partial charge in [0, 0.05) is 0 Å². The van der Waals surface area contributed by atoms with Crippen LogP contribution in [0.15, 0.2) is 0 Å². The topological polar surface area (TPSA) is 37.3 Å². The Morgan fingerprint density at radius 3 is 2.00 bits per heavy atom. The first-order chi connectivity index (χ1) is 1.41. The first-order valence-electron chi connectivity index (χ1n) is 0.494. The third-order valence-corrected chi connectivity index (χ3v) is 0. The summed E-state index contributed by atoms with van der Waals surface area (Å²) >= 11 is 0. The molecule has 3 heteroatoms. The van der Waals surface area contributed by atoms with Crippen molar-refractivity contribution >= 4 is 16.6 Å². The third kappa shape index (κ3) is 5.13. The minimum atomic E-state index is -0.250. The summed E-state index contributed by atoms with van der Waals surface area (Å²) in [5.41, 5.74) is 0. The van der Waals surface area contributed by atoms with Gasteiger partial charge in [-0.15, -0.1) is 0 Å². The van der Waals surface area contributed by atoms with E-state index in [1.807, 2.05) is 0 Å². The zero-order valence-electron chi connectivity index (χ0n) is 4.14. The predicted molar refractivity (Wildman–Crippen MR) is 16.7 cm³/mol. The van der Waals surface area contributed by atoms with Crippen LogP contribution in [-0.4, -0.2) is 21.7 Å². The van der Waals surface area contributed by atoms with Crippen LogP contribution in [0.2, 0.25) is 0 Å². The van der Waals surface area contributed by atoms with Gasteiger partial charge in [-0.1, -0.05) is 0 Å². The standard InChI is InChI=1S/CH2O2.Be.2H/c2-1-3;;;/h1H,(H,2,3);;;/q;+2;2*-1. The van der Waals surface area contributed by atoms with Gasteiger partial charge in [-0.25, -0.2) is 0 Å². The molecule has 2 nitrogen and oxygen atoms in total. The molecule has 0 atom stereocenters. The summed E-state index contributed by atoms with van der Waals surface area (Å²) in [7, 11) is 0. The Balaban J connectivity index is -0.00000000667. The van der Waals surface area contributed by atoms with Gasteiger partial charge >= 0.3 is 10.1 Å². The van der Waals surface area contributed by atoms with E-state index in [9.17, 15) is 0 Å². The first kappa shape index (κ1) is 9.43. The molecule has 0 radical (unpaired) electrons. The molecule has 22 valence electrons. The largest absolute Gasteiger partial charge is 2.00 e. The second kappa shape index (κ2) is 17.4. The Kier molecular flexibility index (Phi) is 41.0. The molecule has 0 aromatic carbocycles. The molecular weight excluding hydrogens is 53.0 g/mol. The van der Waals surface area contributed by atoms with Crippen LogP contribution in [0, 0.1) is 0 Å². The normalized spacial score (nSPS) is 3.00. The van der Waals surface area contributed by atoms with E-state index < -0.39 is 0 Å². The summed E-state index contributed by atoms with van der Waals surface area (Å²) in [6.07, 6.45) is 0. The van der Waals surface area contributed by atoms with Crippen LogP contribution < -0.4 is 0 Å². The van der Waals surface area contributed by atoms with E-state index in [0.717, 1.165) is 0 Å². The van der Waals surface area contributed by atoms with Crippen molar-refractivity contribution in [2.24, 2.45) is 0 Å². The molecule has 0 bridgehead atoms. The van der Waals surface area contributed by atoms with Gasteiger partial charge in [-0.3, -0.25) is 4.79 Å². The smallest absolute Gasteiger partial charge is 1.00 e. The summed E-state index contributed by atoms with van der Waals surface area (Å²) < 4.78 is 0. The fourth-order valence-corrected chi connectivity index (χ4v) is 0. The van der Waals surface area contributed by atoms with Gasteiger partial charge in [0.05, 0.1) is 0 Å². The monoisotopic (exact) mass is 57.0 g/mol. The molecule has 0 unspecified atom stereocenters. The van der Waals surface area contributed by atoms with Crippen LogP contribution in [0.5, 0.6) is 0 Å². The van der Waals surface area contributed by atoms with Crippen molar-refractivity contribution in [3.8, 4) is 0 Å². The van der Waals surface area contributed by atoms with Crippen LogP contribution in [0.25, 0.3) is 0 Å². The van der Waals surface area contributed by atoms with Crippen molar-refractivity contribution in [2.75, 3.05) is 0 Å². The molecule has 0 aliphatic carbocycles. The van der Waals surface area contributed by atoms with Crippen LogP contribution in [-0.2, 0) is 4.79 Å². The van der Waals surface area contributed by atoms with Gasteiger partial charge in [-0.2, -0.15) is 0 Å². The van der Waals surface area contributed by atoms with E-state index in [-0.39, 0.29) is 19.4 Å². The van der Waals surface area contributed by atoms with Crippen LogP contribution >= 0.6 is 0 Å². The quantitative estimate of drug-likeness (QED) is 0.302. The molecule has 0 heterocycles. The second-order valence-corrected chi connectivity index (χ2v) is 0.105. The Morgan fingerprint density at radius 2 is 2.00 bits per heavy atom. The van der Waals surface area contributed by atoms with Crippen LogP contribution in [0.3, 0.4) is 0 Å². The fraction of sp³-hybridized carbons (Fsp3) is 0. The number of carboxylic acid groups (broad SMARTS) is 1. The second-order valence-electron chi connectivity index (χ2n) is 0.105. The summed E-state index contributed by atoms with van der Waals surface area (Å²) in [6, 6.07) is 0. The molecule has 0 aromatic rings. The third-order valence-electron chi connectivity index (χ3n) is 0. The van der Waals surface area contributed by atoms with Gasteiger partial charge in [-0.05, 0) is 0 Å². The molecular formula is CH4BeO2. The van der Waals surface area contributed by atoms with Crippen molar-refractivity contribution in [1.82, 2.24) is 0 Å². The van der Waals surface area contributed by atoms with E-state index in [1.54, 1.807) is 0 Å². The molecule has 0 aliphatic heterocycles. The zero-order valence-corrected chi connectivity index (χ0v) is 2.14. The summed E-state index contributed by atoms with van der Waals surface area (Å²) in [5, 5.41) is 6.89. The van der Waals surface area contributed by atoms with Gasteiger partial charge in [0.25, 0.3) is 6.47 Å². The average molecular weight is 57.1 g/mol. The summed E-state index contributed by atoms with van der Waals surface area (Å²) in [5.74, 6) is 0. The molecule has 0 fully saturated rings. The van der Waals surface area contributed by atoms with Gasteiger partial charge in [0.2, 0.25) is 0 Å². The summed E-state index contributed by atoms with van der Waals surface area (Å²) in [4.78, 5) is 8.36. The van der Waals surface area contributed by atoms with E-state index in [0.29, 0.717) is 0 Å². The van der Waals surface area contributed by atoms with Crippen molar-refractivity contribution < 1.29 is 12.8 Å². The first-order valence-corrected chi connectivity index (χ1v) is 0.494. The number of rotatable bonds is 0. The van der Waals surface area contributed by atoms with Crippen LogP contribution in [0.1, 0.15) is 2.85 Å². The molecule has 4 heavy (non-hydrogen) atoms. The number of hydrogen-bond donors (Lipinski definition) is 1. The van der Waals surface area contributed by atoms with Crippen molar-refractivity contribution in [1.29, 1.82) is 0 Å². The molecule has 1 N–H and O–H groups in total. The van der Waals surface area contributed by atoms with E-state index in [1.165, 1.54) is 0 Å². The maximum atomic E-state index is 8.36. The molecule has 0 saturated carbocycles. The number of carbonyl (C=O) groups is 1. The van der Waals surface area contributed by atoms with E-state index in [2.05, 4.69) is 0 Å². The molecule has 0 spiro atoms. The molecule has 0 rings (SSSR count). The fourth-order valence-electron chi connectivity index (χ4n) is 0. The average Bonchev–Trinajstić information content (AvgIpc) is 0.918. The molecule has 0 aliphatic rings. The zero-order chi connectivity index (χ0) is 2.71. The Bertz CT molecular complexity index is 19.0. The SMILES string of the molecule is O=CO.[Be+2].[H-].[H-]. The minimum Gasteiger partial charge on any atom is -1.00 e. The summed E-state index contributed by atoms with van der Waals surface area (Å²) in [6.45, 7) is -0.250. The van der Waals surface area contributed by atoms with Crippen molar-refractivity contribution in [2.45, 2.75) is 0 Å². The maximum Gasteiger partial charge on any atom is 2.00 e. The van der Waals surface area contributed by atoms with Crippen LogP contribution in [0.4, 0.5) is 0 Å². The van der Waals surface area contributed by atoms with E-state index >= 15 is 0 Å². The van der Waals surface area contributed by atoms with E-state index in [4.69, 9.17) is 9.90 Å². The molecule has 0 amide bonds. The molecule has 0 aromatic heterocycles.